The van der Waals surface area contributed by atoms with Crippen molar-refractivity contribution in [3.8, 4) is 17.3 Å². The van der Waals surface area contributed by atoms with Crippen molar-refractivity contribution < 1.29 is 9.53 Å². The number of nitrogens with zero attached hydrogens (tertiary/aromatic N) is 2. The van der Waals surface area contributed by atoms with E-state index in [0.717, 1.165) is 11.1 Å². The molecule has 0 radical (unpaired) electrons. The minimum absolute atomic E-state index is 0.415. The molecular formula is C20H16N2O2. The summed E-state index contributed by atoms with van der Waals surface area (Å²) in [6.45, 7) is 3.56. The van der Waals surface area contributed by atoms with Crippen molar-refractivity contribution in [2.75, 3.05) is 0 Å². The summed E-state index contributed by atoms with van der Waals surface area (Å²) in [4.78, 5) is 17.1. The Bertz CT molecular complexity index is 940. The van der Waals surface area contributed by atoms with Crippen LogP contribution in [0.2, 0.25) is 0 Å². The normalized spacial score (nSPS) is 11.7. The highest BCUT2D eigenvalue weighted by Crippen LogP contribution is 2.26. The van der Waals surface area contributed by atoms with Crippen molar-refractivity contribution in [2.45, 2.75) is 20.0 Å². The molecule has 24 heavy (non-hydrogen) atoms. The Morgan fingerprint density at radius 1 is 1.17 bits per heavy atom. The van der Waals surface area contributed by atoms with E-state index in [9.17, 15) is 4.79 Å². The topological polar surface area (TPSA) is 63.0 Å². The summed E-state index contributed by atoms with van der Waals surface area (Å²) in [5.74, 6) is -0.518. The maximum atomic E-state index is 12.5. The second-order valence-corrected chi connectivity index (χ2v) is 5.61. The summed E-state index contributed by atoms with van der Waals surface area (Å²) < 4.78 is 5.18. The van der Waals surface area contributed by atoms with Crippen LogP contribution in [0.25, 0.3) is 22.2 Å². The van der Waals surface area contributed by atoms with E-state index >= 15 is 0 Å². The van der Waals surface area contributed by atoms with Gasteiger partial charge >= 0.3 is 5.97 Å². The molecule has 0 bridgehead atoms. The van der Waals surface area contributed by atoms with Crippen LogP contribution in [-0.2, 0) is 4.74 Å². The van der Waals surface area contributed by atoms with Gasteiger partial charge in [0.05, 0.1) is 16.8 Å². The first-order valence-corrected chi connectivity index (χ1v) is 7.66. The molecule has 3 rings (SSSR count). The maximum absolute atomic E-state index is 12.5. The number of hydrogen-bond acceptors (Lipinski definition) is 4. The molecule has 0 saturated heterocycles. The lowest BCUT2D eigenvalue weighted by Gasteiger charge is -2.11. The van der Waals surface area contributed by atoms with E-state index in [0.29, 0.717) is 22.2 Å². The summed E-state index contributed by atoms with van der Waals surface area (Å²) in [6, 6.07) is 19.0. The number of aromatic nitrogens is 1. The van der Waals surface area contributed by atoms with Crippen LogP contribution in [0.5, 0.6) is 0 Å². The second kappa shape index (κ2) is 6.51. The molecule has 4 heteroatoms. The number of benzene rings is 2. The molecule has 1 aromatic heterocycles. The van der Waals surface area contributed by atoms with Gasteiger partial charge in [0.15, 0.2) is 6.10 Å². The molecule has 0 spiro atoms. The molecule has 1 unspecified atom stereocenters. The lowest BCUT2D eigenvalue weighted by Crippen LogP contribution is -2.14. The molecule has 0 saturated carbocycles. The monoisotopic (exact) mass is 316 g/mol. The highest BCUT2D eigenvalue weighted by atomic mass is 16.5. The molecule has 1 atom stereocenters. The molecule has 4 nitrogen and oxygen atoms in total. The highest BCUT2D eigenvalue weighted by Gasteiger charge is 2.17. The Kier molecular flexibility index (Phi) is 4.26. The molecule has 2 aromatic carbocycles. The van der Waals surface area contributed by atoms with Crippen molar-refractivity contribution in [2.24, 2.45) is 0 Å². The van der Waals surface area contributed by atoms with Gasteiger partial charge in [0, 0.05) is 10.9 Å². The van der Waals surface area contributed by atoms with Crippen LogP contribution in [-0.4, -0.2) is 17.1 Å². The van der Waals surface area contributed by atoms with E-state index in [1.54, 1.807) is 13.0 Å². The summed E-state index contributed by atoms with van der Waals surface area (Å²) >= 11 is 0. The number of fused-ring (bicyclic) bond motifs is 1. The average Bonchev–Trinajstić information content (AvgIpc) is 2.61. The Morgan fingerprint density at radius 3 is 2.58 bits per heavy atom. The number of rotatable bonds is 3. The number of carbonyl (C=O) groups is 1. The summed E-state index contributed by atoms with van der Waals surface area (Å²) in [5, 5.41) is 9.57. The average molecular weight is 316 g/mol. The van der Waals surface area contributed by atoms with Crippen LogP contribution in [0.1, 0.15) is 22.8 Å². The molecule has 0 aliphatic carbocycles. The Balaban J connectivity index is 2.14. The molecule has 1 heterocycles. The first-order chi connectivity index (χ1) is 11.6. The Labute approximate surface area is 140 Å². The number of hydrogen-bond donors (Lipinski definition) is 0. The van der Waals surface area contributed by atoms with Gasteiger partial charge in [0.1, 0.15) is 6.07 Å². The van der Waals surface area contributed by atoms with Gasteiger partial charge < -0.3 is 4.74 Å². The third kappa shape index (κ3) is 3.11. The zero-order valence-electron chi connectivity index (χ0n) is 13.5. The number of ether oxygens (including phenoxy) is 1. The van der Waals surface area contributed by atoms with Gasteiger partial charge in [-0.15, -0.1) is 0 Å². The van der Waals surface area contributed by atoms with Crippen molar-refractivity contribution in [1.82, 2.24) is 4.98 Å². The third-order valence-corrected chi connectivity index (χ3v) is 3.75. The van der Waals surface area contributed by atoms with E-state index in [1.807, 2.05) is 61.5 Å². The fourth-order valence-electron chi connectivity index (χ4n) is 2.47. The summed E-state index contributed by atoms with van der Waals surface area (Å²) in [6.07, 6.45) is -0.799. The van der Waals surface area contributed by atoms with Gasteiger partial charge in [-0.25, -0.2) is 9.78 Å². The fourth-order valence-corrected chi connectivity index (χ4v) is 2.47. The standard InChI is InChI=1S/C20H16N2O2/c1-13-7-9-15(10-8-13)19-11-17(20(23)24-14(2)12-21)16-5-3-4-6-18(16)22-19/h3-11,14H,1-2H3. The van der Waals surface area contributed by atoms with Crippen LogP contribution in [0.4, 0.5) is 0 Å². The molecular weight excluding hydrogens is 300 g/mol. The van der Waals surface area contributed by atoms with Gasteiger partial charge in [-0.2, -0.15) is 5.26 Å². The molecule has 3 aromatic rings. The first-order valence-electron chi connectivity index (χ1n) is 7.66. The maximum Gasteiger partial charge on any atom is 0.340 e. The third-order valence-electron chi connectivity index (χ3n) is 3.75. The zero-order chi connectivity index (χ0) is 17.1. The zero-order valence-corrected chi connectivity index (χ0v) is 13.5. The molecule has 118 valence electrons. The number of aryl methyl sites for hydroxylation is 1. The largest absolute Gasteiger partial charge is 0.444 e. The van der Waals surface area contributed by atoms with Crippen LogP contribution in [0.15, 0.2) is 54.6 Å². The SMILES string of the molecule is Cc1ccc(-c2cc(C(=O)OC(C)C#N)c3ccccc3n2)cc1. The molecule has 0 N–H and O–H groups in total. The number of para-hydroxylation sites is 1. The Morgan fingerprint density at radius 2 is 1.88 bits per heavy atom. The van der Waals surface area contributed by atoms with Crippen LogP contribution in [0.3, 0.4) is 0 Å². The van der Waals surface area contributed by atoms with Gasteiger partial charge in [-0.05, 0) is 26.0 Å². The lowest BCUT2D eigenvalue weighted by molar-refractivity contribution is 0.0438. The number of carbonyl (C=O) groups excluding carboxylic acids is 1. The van der Waals surface area contributed by atoms with Crippen molar-refractivity contribution in [3.63, 3.8) is 0 Å². The van der Waals surface area contributed by atoms with E-state index in [1.165, 1.54) is 0 Å². The second-order valence-electron chi connectivity index (χ2n) is 5.61. The number of nitriles is 1. The van der Waals surface area contributed by atoms with E-state index < -0.39 is 12.1 Å². The molecule has 0 amide bonds. The smallest absolute Gasteiger partial charge is 0.340 e. The van der Waals surface area contributed by atoms with Gasteiger partial charge in [-0.3, -0.25) is 0 Å². The lowest BCUT2D eigenvalue weighted by atomic mass is 10.0. The van der Waals surface area contributed by atoms with E-state index in [4.69, 9.17) is 10.00 Å². The van der Waals surface area contributed by atoms with Crippen molar-refractivity contribution in [3.05, 3.63) is 65.7 Å². The summed E-state index contributed by atoms with van der Waals surface area (Å²) in [7, 11) is 0. The molecule has 0 aliphatic rings. The van der Waals surface area contributed by atoms with Gasteiger partial charge in [-0.1, -0.05) is 48.0 Å². The quantitative estimate of drug-likeness (QED) is 0.677. The predicted molar refractivity (Wildman–Crippen MR) is 92.4 cm³/mol. The first kappa shape index (κ1) is 15.7. The van der Waals surface area contributed by atoms with Gasteiger partial charge in [0.25, 0.3) is 0 Å². The van der Waals surface area contributed by atoms with Gasteiger partial charge in [0.2, 0.25) is 0 Å². The highest BCUT2D eigenvalue weighted by molar-refractivity contribution is 6.04. The molecule has 0 aliphatic heterocycles. The molecule has 0 fully saturated rings. The fraction of sp³-hybridized carbons (Fsp3) is 0.150. The van der Waals surface area contributed by atoms with Crippen LogP contribution >= 0.6 is 0 Å². The van der Waals surface area contributed by atoms with Crippen LogP contribution < -0.4 is 0 Å². The minimum atomic E-state index is -0.799. The number of pyridine rings is 1. The number of esters is 1. The van der Waals surface area contributed by atoms with E-state index in [2.05, 4.69) is 4.98 Å². The minimum Gasteiger partial charge on any atom is -0.444 e. The van der Waals surface area contributed by atoms with Crippen molar-refractivity contribution >= 4 is 16.9 Å². The predicted octanol–water partition coefficient (Wildman–Crippen LogP) is 4.28. The van der Waals surface area contributed by atoms with Crippen molar-refractivity contribution in [1.29, 1.82) is 5.26 Å². The summed E-state index contributed by atoms with van der Waals surface area (Å²) in [5.41, 5.74) is 3.91. The Hall–Kier alpha value is -3.19. The van der Waals surface area contributed by atoms with E-state index in [-0.39, 0.29) is 0 Å². The van der Waals surface area contributed by atoms with Crippen LogP contribution in [0, 0.1) is 18.3 Å².